The normalized spacial score (nSPS) is 15.2. The Balaban J connectivity index is 1.72. The van der Waals surface area contributed by atoms with Crippen LogP contribution in [0.1, 0.15) is 22.8 Å². The lowest BCUT2D eigenvalue weighted by Gasteiger charge is -2.34. The second-order valence-corrected chi connectivity index (χ2v) is 6.68. The van der Waals surface area contributed by atoms with Crippen LogP contribution in [-0.4, -0.2) is 53.4 Å². The quantitative estimate of drug-likeness (QED) is 0.907. The number of hydrogen-bond donors (Lipinski definition) is 1. The third kappa shape index (κ3) is 4.30. The van der Waals surface area contributed by atoms with Gasteiger partial charge in [-0.15, -0.1) is 0 Å². The Morgan fingerprint density at radius 3 is 2.64 bits per heavy atom. The molecule has 3 rings (SSSR count). The first-order chi connectivity index (χ1) is 12.1. The zero-order chi connectivity index (χ0) is 17.8. The molecule has 1 fully saturated rings. The largest absolute Gasteiger partial charge is 0.340 e. The van der Waals surface area contributed by atoms with Gasteiger partial charge in [0.25, 0.3) is 5.91 Å². The van der Waals surface area contributed by atoms with E-state index in [4.69, 9.17) is 11.6 Å². The molecular weight excluding hydrogens is 336 g/mol. The van der Waals surface area contributed by atoms with Gasteiger partial charge in [-0.05, 0) is 49.4 Å². The lowest BCUT2D eigenvalue weighted by molar-refractivity contribution is 0.0643. The van der Waals surface area contributed by atoms with Gasteiger partial charge in [-0.25, -0.2) is 4.98 Å². The first-order valence-electron chi connectivity index (χ1n) is 8.57. The molecule has 0 bridgehead atoms. The molecular formula is C19H23ClN4O. The molecule has 25 heavy (non-hydrogen) atoms. The highest BCUT2D eigenvalue weighted by atomic mass is 35.5. The molecule has 1 amide bonds. The number of rotatable bonds is 4. The summed E-state index contributed by atoms with van der Waals surface area (Å²) in [5.41, 5.74) is 2.62. The van der Waals surface area contributed by atoms with Crippen LogP contribution < -0.4 is 5.32 Å². The van der Waals surface area contributed by atoms with Crippen molar-refractivity contribution < 1.29 is 4.79 Å². The molecule has 1 aromatic heterocycles. The molecule has 5 nitrogen and oxygen atoms in total. The third-order valence-corrected chi connectivity index (χ3v) is 4.80. The van der Waals surface area contributed by atoms with Gasteiger partial charge in [0.1, 0.15) is 5.82 Å². The van der Waals surface area contributed by atoms with Crippen LogP contribution in [0.3, 0.4) is 0 Å². The Morgan fingerprint density at radius 2 is 1.96 bits per heavy atom. The van der Waals surface area contributed by atoms with Crippen molar-refractivity contribution in [1.82, 2.24) is 14.8 Å². The van der Waals surface area contributed by atoms with E-state index >= 15 is 0 Å². The Morgan fingerprint density at radius 1 is 1.20 bits per heavy atom. The van der Waals surface area contributed by atoms with Gasteiger partial charge in [-0.1, -0.05) is 18.5 Å². The molecule has 1 aliphatic rings. The number of pyridine rings is 1. The van der Waals surface area contributed by atoms with Gasteiger partial charge in [0.05, 0.1) is 0 Å². The number of benzene rings is 1. The first kappa shape index (κ1) is 17.7. The topological polar surface area (TPSA) is 48.5 Å². The summed E-state index contributed by atoms with van der Waals surface area (Å²) in [6, 6.07) is 9.22. The van der Waals surface area contributed by atoms with E-state index in [0.29, 0.717) is 16.4 Å². The Hall–Kier alpha value is -2.11. The van der Waals surface area contributed by atoms with Crippen LogP contribution in [0.2, 0.25) is 5.02 Å². The van der Waals surface area contributed by atoms with E-state index in [1.54, 1.807) is 12.3 Å². The lowest BCUT2D eigenvalue weighted by Crippen LogP contribution is -2.48. The smallest absolute Gasteiger partial charge is 0.254 e. The molecule has 1 aliphatic heterocycles. The third-order valence-electron chi connectivity index (χ3n) is 4.56. The van der Waals surface area contributed by atoms with Gasteiger partial charge < -0.3 is 15.1 Å². The monoisotopic (exact) mass is 358 g/mol. The summed E-state index contributed by atoms with van der Waals surface area (Å²) < 4.78 is 0. The summed E-state index contributed by atoms with van der Waals surface area (Å²) in [5, 5.41) is 3.97. The van der Waals surface area contributed by atoms with Gasteiger partial charge >= 0.3 is 0 Å². The molecule has 2 aromatic rings. The molecule has 1 saturated heterocycles. The summed E-state index contributed by atoms with van der Waals surface area (Å²) in [5.74, 6) is 0.720. The number of amides is 1. The Kier molecular flexibility index (Phi) is 5.56. The van der Waals surface area contributed by atoms with Gasteiger partial charge in [0.15, 0.2) is 0 Å². The van der Waals surface area contributed by atoms with Gasteiger partial charge in [0, 0.05) is 48.6 Å². The maximum Gasteiger partial charge on any atom is 0.254 e. The molecule has 0 spiro atoms. The summed E-state index contributed by atoms with van der Waals surface area (Å²) in [4.78, 5) is 21.3. The highest BCUT2D eigenvalue weighted by molar-refractivity contribution is 6.30. The highest BCUT2D eigenvalue weighted by Crippen LogP contribution is 2.23. The van der Waals surface area contributed by atoms with Crippen molar-refractivity contribution >= 4 is 29.0 Å². The van der Waals surface area contributed by atoms with Crippen molar-refractivity contribution in [1.29, 1.82) is 0 Å². The van der Waals surface area contributed by atoms with Crippen LogP contribution in [0.15, 0.2) is 36.5 Å². The average Bonchev–Trinajstić information content (AvgIpc) is 2.64. The van der Waals surface area contributed by atoms with Crippen LogP contribution in [0.25, 0.3) is 0 Å². The molecule has 0 aliphatic carbocycles. The minimum absolute atomic E-state index is 0.0639. The number of anilines is 2. The molecule has 132 valence electrons. The number of halogens is 1. The molecule has 0 saturated carbocycles. The molecule has 0 unspecified atom stereocenters. The summed E-state index contributed by atoms with van der Waals surface area (Å²) in [6.45, 7) is 8.58. The number of carbonyl (C=O) groups excluding carboxylic acids is 1. The predicted octanol–water partition coefficient (Wildman–Crippen LogP) is 3.56. The first-order valence-corrected chi connectivity index (χ1v) is 8.95. The Bertz CT molecular complexity index is 757. The summed E-state index contributed by atoms with van der Waals surface area (Å²) in [7, 11) is 0. The van der Waals surface area contributed by atoms with Crippen LogP contribution in [-0.2, 0) is 0 Å². The fraction of sp³-hybridized carbons (Fsp3) is 0.368. The summed E-state index contributed by atoms with van der Waals surface area (Å²) >= 11 is 6.00. The van der Waals surface area contributed by atoms with Gasteiger partial charge in [0.2, 0.25) is 0 Å². The SMILES string of the molecule is CCN1CCN(C(=O)c2ccnc(Nc3ccc(Cl)cc3C)c2)CC1. The van der Waals surface area contributed by atoms with E-state index in [2.05, 4.69) is 22.1 Å². The van der Waals surface area contributed by atoms with E-state index in [9.17, 15) is 4.79 Å². The molecule has 1 aromatic carbocycles. The number of hydrogen-bond acceptors (Lipinski definition) is 4. The van der Waals surface area contributed by atoms with Gasteiger partial charge in [-0.3, -0.25) is 4.79 Å². The number of piperazine rings is 1. The number of aromatic nitrogens is 1. The fourth-order valence-corrected chi connectivity index (χ4v) is 3.21. The molecule has 0 radical (unpaired) electrons. The van der Waals surface area contributed by atoms with Crippen molar-refractivity contribution in [3.8, 4) is 0 Å². The second kappa shape index (κ2) is 7.85. The van der Waals surface area contributed by atoms with Crippen LogP contribution >= 0.6 is 11.6 Å². The maximum atomic E-state index is 12.7. The molecule has 1 N–H and O–H groups in total. The van der Waals surface area contributed by atoms with Crippen molar-refractivity contribution in [3.63, 3.8) is 0 Å². The number of carbonyl (C=O) groups is 1. The molecule has 2 heterocycles. The lowest BCUT2D eigenvalue weighted by atomic mass is 10.2. The molecule has 6 heteroatoms. The highest BCUT2D eigenvalue weighted by Gasteiger charge is 2.21. The van der Waals surface area contributed by atoms with Crippen LogP contribution in [0.5, 0.6) is 0 Å². The standard InChI is InChI=1S/C19H23ClN4O/c1-3-23-8-10-24(11-9-23)19(25)15-6-7-21-18(13-15)22-17-5-4-16(20)12-14(17)2/h4-7,12-13H,3,8-11H2,1-2H3,(H,21,22). The average molecular weight is 359 g/mol. The summed E-state index contributed by atoms with van der Waals surface area (Å²) in [6.07, 6.45) is 1.67. The number of nitrogens with one attached hydrogen (secondary N) is 1. The van der Waals surface area contributed by atoms with Gasteiger partial charge in [-0.2, -0.15) is 0 Å². The van der Waals surface area contributed by atoms with Crippen molar-refractivity contribution in [2.75, 3.05) is 38.0 Å². The van der Waals surface area contributed by atoms with Crippen molar-refractivity contribution in [3.05, 3.63) is 52.7 Å². The zero-order valence-corrected chi connectivity index (χ0v) is 15.4. The van der Waals surface area contributed by atoms with E-state index in [1.807, 2.05) is 36.1 Å². The van der Waals surface area contributed by atoms with Crippen molar-refractivity contribution in [2.45, 2.75) is 13.8 Å². The zero-order valence-electron chi connectivity index (χ0n) is 14.6. The van der Waals surface area contributed by atoms with Crippen LogP contribution in [0.4, 0.5) is 11.5 Å². The maximum absolute atomic E-state index is 12.7. The van der Waals surface area contributed by atoms with E-state index in [1.165, 1.54) is 0 Å². The molecule has 0 atom stereocenters. The minimum Gasteiger partial charge on any atom is -0.340 e. The van der Waals surface area contributed by atoms with Crippen LogP contribution in [0, 0.1) is 6.92 Å². The number of aryl methyl sites for hydroxylation is 1. The Labute approximate surface area is 153 Å². The van der Waals surface area contributed by atoms with E-state index < -0.39 is 0 Å². The fourth-order valence-electron chi connectivity index (χ4n) is 2.99. The minimum atomic E-state index is 0.0639. The van der Waals surface area contributed by atoms with Crippen molar-refractivity contribution in [2.24, 2.45) is 0 Å². The second-order valence-electron chi connectivity index (χ2n) is 6.24. The number of likely N-dealkylation sites (N-methyl/N-ethyl adjacent to an activating group) is 1. The van der Waals surface area contributed by atoms with E-state index in [0.717, 1.165) is 44.0 Å². The van der Waals surface area contributed by atoms with E-state index in [-0.39, 0.29) is 5.91 Å². The predicted molar refractivity (Wildman–Crippen MR) is 102 cm³/mol. The number of nitrogens with zero attached hydrogens (tertiary/aromatic N) is 3.